The largest absolute Gasteiger partial charge is 0.489 e. The standard InChI is InChI=1S/C24H29NO5S.C6H5F/c1-3-12-31(27,28)25-11-7-10-21(17-25)22-13-20(15-24(26)29-2)14-23(16-22)30-18-19-8-5-4-6-9-19;7-6-4-2-1-3-5-6/h3-6,8-9,13-14,16,21H,1,7,10-12,15,17-18H2,2H3;1-5H. The third-order valence-corrected chi connectivity index (χ3v) is 7.90. The fourth-order valence-electron chi connectivity index (χ4n) is 4.22. The Balaban J connectivity index is 0.000000494. The number of rotatable bonds is 9. The quantitative estimate of drug-likeness (QED) is 0.265. The van der Waals surface area contributed by atoms with Gasteiger partial charge in [-0.15, -0.1) is 6.58 Å². The maximum absolute atomic E-state index is 12.5. The van der Waals surface area contributed by atoms with Gasteiger partial charge in [0.05, 0.1) is 19.3 Å². The van der Waals surface area contributed by atoms with Crippen LogP contribution < -0.4 is 4.74 Å². The zero-order valence-corrected chi connectivity index (χ0v) is 22.4. The molecule has 1 aliphatic heterocycles. The van der Waals surface area contributed by atoms with E-state index in [0.29, 0.717) is 25.4 Å². The number of halogens is 1. The molecule has 0 amide bonds. The number of esters is 1. The van der Waals surface area contributed by atoms with Crippen LogP contribution in [-0.4, -0.2) is 44.6 Å². The molecule has 0 aliphatic carbocycles. The van der Waals surface area contributed by atoms with Crippen molar-refractivity contribution in [3.05, 3.63) is 114 Å². The molecule has 1 unspecified atom stereocenters. The molecule has 0 saturated carbocycles. The third-order valence-electron chi connectivity index (χ3n) is 6.12. The van der Waals surface area contributed by atoms with Crippen LogP contribution in [0, 0.1) is 5.82 Å². The van der Waals surface area contributed by atoms with E-state index in [0.717, 1.165) is 29.5 Å². The van der Waals surface area contributed by atoms with Gasteiger partial charge in [0.25, 0.3) is 0 Å². The zero-order chi connectivity index (χ0) is 27.4. The predicted molar refractivity (Wildman–Crippen MR) is 147 cm³/mol. The average molecular weight is 540 g/mol. The lowest BCUT2D eigenvalue weighted by atomic mass is 9.90. The molecule has 202 valence electrons. The molecule has 4 rings (SSSR count). The summed E-state index contributed by atoms with van der Waals surface area (Å²) in [6.07, 6.45) is 3.21. The van der Waals surface area contributed by atoms with Gasteiger partial charge in [0.2, 0.25) is 10.0 Å². The first-order valence-electron chi connectivity index (χ1n) is 12.5. The number of carbonyl (C=O) groups excluding carboxylic acids is 1. The summed E-state index contributed by atoms with van der Waals surface area (Å²) >= 11 is 0. The van der Waals surface area contributed by atoms with Crippen molar-refractivity contribution in [3.8, 4) is 5.75 Å². The molecule has 0 spiro atoms. The summed E-state index contributed by atoms with van der Waals surface area (Å²) in [4.78, 5) is 11.9. The summed E-state index contributed by atoms with van der Waals surface area (Å²) in [5.41, 5.74) is 2.81. The van der Waals surface area contributed by atoms with Gasteiger partial charge in [0.15, 0.2) is 0 Å². The van der Waals surface area contributed by atoms with Crippen LogP contribution in [-0.2, 0) is 32.6 Å². The number of methoxy groups -OCH3 is 1. The summed E-state index contributed by atoms with van der Waals surface area (Å²) in [6, 6.07) is 23.5. The number of sulfonamides is 1. The second kappa shape index (κ2) is 14.4. The maximum atomic E-state index is 12.5. The van der Waals surface area contributed by atoms with E-state index >= 15 is 0 Å². The summed E-state index contributed by atoms with van der Waals surface area (Å²) in [5.74, 6) is 0.122. The Kier molecular flexibility index (Phi) is 11.1. The van der Waals surface area contributed by atoms with E-state index in [2.05, 4.69) is 6.58 Å². The van der Waals surface area contributed by atoms with E-state index in [-0.39, 0.29) is 29.9 Å². The lowest BCUT2D eigenvalue weighted by Gasteiger charge is -2.32. The molecule has 0 radical (unpaired) electrons. The van der Waals surface area contributed by atoms with Gasteiger partial charge in [-0.2, -0.15) is 0 Å². The molecular formula is C30H34FNO5S. The Labute approximate surface area is 224 Å². The SMILES string of the molecule is C=CCS(=O)(=O)N1CCCC(c2cc(CC(=O)OC)cc(OCc3ccccc3)c2)C1.Fc1ccccc1. The van der Waals surface area contributed by atoms with Crippen LogP contribution in [0.4, 0.5) is 4.39 Å². The van der Waals surface area contributed by atoms with Crippen LogP contribution in [0.1, 0.15) is 35.4 Å². The molecule has 1 heterocycles. The minimum Gasteiger partial charge on any atom is -0.489 e. The van der Waals surface area contributed by atoms with Crippen LogP contribution in [0.15, 0.2) is 91.5 Å². The molecular weight excluding hydrogens is 505 g/mol. The smallest absolute Gasteiger partial charge is 0.309 e. The predicted octanol–water partition coefficient (Wildman–Crippen LogP) is 5.50. The second-order valence-electron chi connectivity index (χ2n) is 9.00. The Bertz CT molecular complexity index is 1280. The van der Waals surface area contributed by atoms with Gasteiger partial charge < -0.3 is 9.47 Å². The fraction of sp³-hybridized carbons (Fsp3) is 0.300. The van der Waals surface area contributed by atoms with E-state index < -0.39 is 10.0 Å². The first-order chi connectivity index (χ1) is 18.3. The van der Waals surface area contributed by atoms with Crippen LogP contribution >= 0.6 is 0 Å². The number of hydrogen-bond acceptors (Lipinski definition) is 5. The highest BCUT2D eigenvalue weighted by Gasteiger charge is 2.29. The van der Waals surface area contributed by atoms with Crippen molar-refractivity contribution >= 4 is 16.0 Å². The lowest BCUT2D eigenvalue weighted by molar-refractivity contribution is -0.139. The third kappa shape index (κ3) is 9.11. The molecule has 1 saturated heterocycles. The van der Waals surface area contributed by atoms with E-state index in [1.165, 1.54) is 25.3 Å². The van der Waals surface area contributed by atoms with Gasteiger partial charge in [-0.25, -0.2) is 17.1 Å². The Morgan fingerprint density at radius 2 is 1.74 bits per heavy atom. The topological polar surface area (TPSA) is 72.9 Å². The number of nitrogens with zero attached hydrogens (tertiary/aromatic N) is 1. The molecule has 0 N–H and O–H groups in total. The second-order valence-corrected chi connectivity index (χ2v) is 11.0. The Hall–Kier alpha value is -3.49. The monoisotopic (exact) mass is 539 g/mol. The van der Waals surface area contributed by atoms with Crippen molar-refractivity contribution in [3.63, 3.8) is 0 Å². The normalized spacial score (nSPS) is 15.6. The molecule has 8 heteroatoms. The highest BCUT2D eigenvalue weighted by molar-refractivity contribution is 7.89. The minimum absolute atomic E-state index is 0.0324. The van der Waals surface area contributed by atoms with Crippen molar-refractivity contribution in [2.24, 2.45) is 0 Å². The highest BCUT2D eigenvalue weighted by atomic mass is 32.2. The lowest BCUT2D eigenvalue weighted by Crippen LogP contribution is -2.40. The van der Waals surface area contributed by atoms with Gasteiger partial charge in [-0.3, -0.25) is 4.79 Å². The fourth-order valence-corrected chi connectivity index (χ4v) is 5.55. The number of carbonyl (C=O) groups is 1. The van der Waals surface area contributed by atoms with Crippen molar-refractivity contribution in [1.29, 1.82) is 0 Å². The minimum atomic E-state index is -3.35. The molecule has 1 fully saturated rings. The van der Waals surface area contributed by atoms with E-state index in [1.54, 1.807) is 22.5 Å². The molecule has 1 aliphatic rings. The van der Waals surface area contributed by atoms with E-state index in [1.807, 2.05) is 48.5 Å². The first-order valence-corrected chi connectivity index (χ1v) is 14.1. The summed E-state index contributed by atoms with van der Waals surface area (Å²) in [6.45, 7) is 4.90. The summed E-state index contributed by atoms with van der Waals surface area (Å²) in [5, 5.41) is 0. The van der Waals surface area contributed by atoms with Gasteiger partial charge in [-0.1, -0.05) is 60.7 Å². The summed E-state index contributed by atoms with van der Waals surface area (Å²) in [7, 11) is -1.99. The van der Waals surface area contributed by atoms with Crippen LogP contribution in [0.5, 0.6) is 5.75 Å². The number of ether oxygens (including phenoxy) is 2. The Morgan fingerprint density at radius 3 is 2.34 bits per heavy atom. The molecule has 3 aromatic carbocycles. The van der Waals surface area contributed by atoms with Crippen molar-refractivity contribution in [2.45, 2.75) is 31.8 Å². The van der Waals surface area contributed by atoms with Gasteiger partial charge in [0.1, 0.15) is 18.2 Å². The van der Waals surface area contributed by atoms with E-state index in [9.17, 15) is 17.6 Å². The number of hydrogen-bond donors (Lipinski definition) is 0. The van der Waals surface area contributed by atoms with Crippen molar-refractivity contribution in [2.75, 3.05) is 26.0 Å². The maximum Gasteiger partial charge on any atom is 0.309 e. The summed E-state index contributed by atoms with van der Waals surface area (Å²) < 4.78 is 49.3. The molecule has 0 aromatic heterocycles. The van der Waals surface area contributed by atoms with Crippen molar-refractivity contribution < 1.29 is 27.1 Å². The van der Waals surface area contributed by atoms with Crippen LogP contribution in [0.25, 0.3) is 0 Å². The number of benzene rings is 3. The Morgan fingerprint density at radius 1 is 1.05 bits per heavy atom. The molecule has 1 atom stereocenters. The molecule has 3 aromatic rings. The zero-order valence-electron chi connectivity index (χ0n) is 21.6. The average Bonchev–Trinajstić information content (AvgIpc) is 2.93. The van der Waals surface area contributed by atoms with Gasteiger partial charge in [0, 0.05) is 13.1 Å². The first kappa shape index (κ1) is 29.1. The number of piperidine rings is 1. The highest BCUT2D eigenvalue weighted by Crippen LogP contribution is 2.32. The van der Waals surface area contributed by atoms with E-state index in [4.69, 9.17) is 9.47 Å². The van der Waals surface area contributed by atoms with Crippen LogP contribution in [0.3, 0.4) is 0 Å². The molecule has 38 heavy (non-hydrogen) atoms. The van der Waals surface area contributed by atoms with Gasteiger partial charge in [-0.05, 0) is 59.7 Å². The van der Waals surface area contributed by atoms with Crippen molar-refractivity contribution in [1.82, 2.24) is 4.31 Å². The molecule has 0 bridgehead atoms. The molecule has 6 nitrogen and oxygen atoms in total. The van der Waals surface area contributed by atoms with Gasteiger partial charge >= 0.3 is 5.97 Å². The van der Waals surface area contributed by atoms with Crippen LogP contribution in [0.2, 0.25) is 0 Å².